The summed E-state index contributed by atoms with van der Waals surface area (Å²) in [5, 5.41) is 8.78. The van der Waals surface area contributed by atoms with Gasteiger partial charge in [-0.1, -0.05) is 12.1 Å². The largest absolute Gasteiger partial charge is 0.352 e. The van der Waals surface area contributed by atoms with Crippen molar-refractivity contribution < 1.29 is 9.59 Å². The zero-order chi connectivity index (χ0) is 14.4. The Bertz CT molecular complexity index is 472. The van der Waals surface area contributed by atoms with Gasteiger partial charge >= 0.3 is 6.03 Å². The van der Waals surface area contributed by atoms with Gasteiger partial charge in [-0.25, -0.2) is 4.79 Å². The van der Waals surface area contributed by atoms with Crippen LogP contribution >= 0.6 is 12.4 Å². The van der Waals surface area contributed by atoms with Gasteiger partial charge in [-0.05, 0) is 37.1 Å². The molecule has 1 aliphatic rings. The molecule has 1 saturated heterocycles. The second-order valence-electron chi connectivity index (χ2n) is 4.93. The fourth-order valence-corrected chi connectivity index (χ4v) is 2.21. The fraction of sp³-hybridized carbons (Fsp3) is 0.429. The van der Waals surface area contributed by atoms with E-state index in [1.807, 2.05) is 12.1 Å². The Morgan fingerprint density at radius 3 is 2.57 bits per heavy atom. The molecular weight excluding hydrogens is 292 g/mol. The average molecular weight is 313 g/mol. The number of rotatable bonds is 4. The number of piperidine rings is 1. The summed E-state index contributed by atoms with van der Waals surface area (Å²) < 4.78 is 0. The smallest absolute Gasteiger partial charge is 0.312 e. The van der Waals surface area contributed by atoms with Gasteiger partial charge in [0.15, 0.2) is 0 Å². The maximum atomic E-state index is 12.1. The number of carbonyl (C=O) groups is 2. The van der Waals surface area contributed by atoms with Gasteiger partial charge in [0.1, 0.15) is 0 Å². The highest BCUT2D eigenvalue weighted by Gasteiger charge is 2.16. The van der Waals surface area contributed by atoms with Crippen molar-refractivity contribution in [3.8, 4) is 0 Å². The number of hydrogen-bond acceptors (Lipinski definition) is 3. The molecule has 1 atom stereocenters. The molecule has 1 fully saturated rings. The summed E-state index contributed by atoms with van der Waals surface area (Å²) in [4.78, 5) is 22.7. The first kappa shape index (κ1) is 17.3. The van der Waals surface area contributed by atoms with Gasteiger partial charge in [-0.2, -0.15) is 0 Å². The zero-order valence-electron chi connectivity index (χ0n) is 11.7. The number of primary amides is 1. The highest BCUT2D eigenvalue weighted by atomic mass is 35.5. The minimum absolute atomic E-state index is 0. The Morgan fingerprint density at radius 2 is 2.00 bits per heavy atom. The summed E-state index contributed by atoms with van der Waals surface area (Å²) in [6.07, 6.45) is 2.10. The van der Waals surface area contributed by atoms with Gasteiger partial charge in [0.25, 0.3) is 5.91 Å². The molecule has 1 aromatic rings. The fourth-order valence-electron chi connectivity index (χ4n) is 2.21. The molecule has 0 aliphatic carbocycles. The number of hydrogen-bond donors (Lipinski definition) is 4. The van der Waals surface area contributed by atoms with Crippen LogP contribution in [0.2, 0.25) is 0 Å². The minimum atomic E-state index is -0.559. The molecule has 0 saturated carbocycles. The predicted molar refractivity (Wildman–Crippen MR) is 83.5 cm³/mol. The topological polar surface area (TPSA) is 96.2 Å². The van der Waals surface area contributed by atoms with Gasteiger partial charge in [-0.15, -0.1) is 12.4 Å². The van der Waals surface area contributed by atoms with Crippen LogP contribution in [0.5, 0.6) is 0 Å². The number of nitrogens with one attached hydrogen (secondary N) is 3. The lowest BCUT2D eigenvalue weighted by atomic mass is 10.1. The lowest BCUT2D eigenvalue weighted by molar-refractivity contribution is 0.0930. The molecule has 0 bridgehead atoms. The van der Waals surface area contributed by atoms with Crippen molar-refractivity contribution in [2.75, 3.05) is 13.1 Å². The van der Waals surface area contributed by atoms with Crippen molar-refractivity contribution in [3.63, 3.8) is 0 Å². The summed E-state index contributed by atoms with van der Waals surface area (Å²) >= 11 is 0. The van der Waals surface area contributed by atoms with Crippen LogP contribution in [0.3, 0.4) is 0 Å². The first-order valence-electron chi connectivity index (χ1n) is 6.79. The van der Waals surface area contributed by atoms with E-state index < -0.39 is 6.03 Å². The summed E-state index contributed by atoms with van der Waals surface area (Å²) in [6.45, 7) is 2.21. The summed E-state index contributed by atoms with van der Waals surface area (Å²) in [5.41, 5.74) is 6.53. The summed E-state index contributed by atoms with van der Waals surface area (Å²) in [5.74, 6) is -0.0619. The van der Waals surface area contributed by atoms with Crippen LogP contribution < -0.4 is 21.7 Å². The quantitative estimate of drug-likeness (QED) is 0.661. The first-order valence-corrected chi connectivity index (χ1v) is 6.79. The Morgan fingerprint density at radius 1 is 1.29 bits per heavy atom. The Balaban J connectivity index is 0.00000220. The number of carbonyl (C=O) groups excluding carboxylic acids is 2. The van der Waals surface area contributed by atoms with E-state index in [1.165, 1.54) is 0 Å². The van der Waals surface area contributed by atoms with E-state index in [-0.39, 0.29) is 24.4 Å². The van der Waals surface area contributed by atoms with E-state index in [1.54, 1.807) is 12.1 Å². The predicted octanol–water partition coefficient (Wildman–Crippen LogP) is 0.758. The van der Waals surface area contributed by atoms with Crippen molar-refractivity contribution in [2.45, 2.75) is 25.4 Å². The van der Waals surface area contributed by atoms with Crippen LogP contribution in [0.25, 0.3) is 0 Å². The lowest BCUT2D eigenvalue weighted by Gasteiger charge is -2.23. The second-order valence-corrected chi connectivity index (χ2v) is 4.93. The molecule has 1 heterocycles. The standard InChI is InChI=1S/C14H20N4O2.ClH/c15-14(20)17-8-10-3-5-11(6-4-10)13(19)18-12-2-1-7-16-9-12;/h3-6,12,16H,1-2,7-9H2,(H,18,19)(H3,15,17,20);1H. The van der Waals surface area contributed by atoms with Crippen molar-refractivity contribution in [2.24, 2.45) is 5.73 Å². The number of urea groups is 1. The first-order chi connectivity index (χ1) is 9.65. The third-order valence-electron chi connectivity index (χ3n) is 3.31. The molecule has 3 amide bonds. The molecule has 2 rings (SSSR count). The number of amides is 3. The third-order valence-corrected chi connectivity index (χ3v) is 3.31. The van der Waals surface area contributed by atoms with Crippen molar-refractivity contribution in [1.82, 2.24) is 16.0 Å². The maximum Gasteiger partial charge on any atom is 0.312 e. The molecule has 0 aromatic heterocycles. The van der Waals surface area contributed by atoms with Gasteiger partial charge in [0, 0.05) is 24.7 Å². The average Bonchev–Trinajstić information content (AvgIpc) is 2.46. The van der Waals surface area contributed by atoms with Gasteiger partial charge in [-0.3, -0.25) is 4.79 Å². The molecular formula is C14H21ClN4O2. The number of nitrogens with two attached hydrogens (primary N) is 1. The van der Waals surface area contributed by atoms with E-state index >= 15 is 0 Å². The van der Waals surface area contributed by atoms with Crippen LogP contribution in [0, 0.1) is 0 Å². The minimum Gasteiger partial charge on any atom is -0.352 e. The second kappa shape index (κ2) is 8.49. The SMILES string of the molecule is Cl.NC(=O)NCc1ccc(C(=O)NC2CCCNC2)cc1. The van der Waals surface area contributed by atoms with E-state index in [0.717, 1.165) is 31.5 Å². The molecule has 7 heteroatoms. The monoisotopic (exact) mass is 312 g/mol. The van der Waals surface area contributed by atoms with E-state index in [2.05, 4.69) is 16.0 Å². The van der Waals surface area contributed by atoms with Crippen LogP contribution in [0.1, 0.15) is 28.8 Å². The van der Waals surface area contributed by atoms with E-state index in [9.17, 15) is 9.59 Å². The third kappa shape index (κ3) is 5.61. The molecule has 1 aromatic carbocycles. The summed E-state index contributed by atoms with van der Waals surface area (Å²) in [6, 6.07) is 6.77. The van der Waals surface area contributed by atoms with Gasteiger partial charge in [0.05, 0.1) is 0 Å². The Labute approximate surface area is 130 Å². The highest BCUT2D eigenvalue weighted by Crippen LogP contribution is 2.07. The summed E-state index contributed by atoms with van der Waals surface area (Å²) in [7, 11) is 0. The number of benzene rings is 1. The molecule has 1 aliphatic heterocycles. The molecule has 1 unspecified atom stereocenters. The van der Waals surface area contributed by atoms with Crippen molar-refractivity contribution >= 4 is 24.3 Å². The molecule has 0 spiro atoms. The lowest BCUT2D eigenvalue weighted by Crippen LogP contribution is -2.45. The van der Waals surface area contributed by atoms with Crippen molar-refractivity contribution in [1.29, 1.82) is 0 Å². The molecule has 21 heavy (non-hydrogen) atoms. The normalized spacial score (nSPS) is 17.4. The molecule has 5 N–H and O–H groups in total. The number of halogens is 1. The van der Waals surface area contributed by atoms with Crippen molar-refractivity contribution in [3.05, 3.63) is 35.4 Å². The van der Waals surface area contributed by atoms with Gasteiger partial charge in [0.2, 0.25) is 0 Å². The molecule has 0 radical (unpaired) electrons. The van der Waals surface area contributed by atoms with Crippen LogP contribution in [0.15, 0.2) is 24.3 Å². The molecule has 116 valence electrons. The van der Waals surface area contributed by atoms with E-state index in [4.69, 9.17) is 5.73 Å². The van der Waals surface area contributed by atoms with Crippen LogP contribution in [-0.2, 0) is 6.54 Å². The van der Waals surface area contributed by atoms with Crippen LogP contribution in [0.4, 0.5) is 4.79 Å². The Hall–Kier alpha value is -1.79. The van der Waals surface area contributed by atoms with Gasteiger partial charge < -0.3 is 21.7 Å². The zero-order valence-corrected chi connectivity index (χ0v) is 12.5. The van der Waals surface area contributed by atoms with E-state index in [0.29, 0.717) is 12.1 Å². The molecule has 6 nitrogen and oxygen atoms in total. The van der Waals surface area contributed by atoms with Crippen LogP contribution in [-0.4, -0.2) is 31.1 Å². The highest BCUT2D eigenvalue weighted by molar-refractivity contribution is 5.94. The Kier molecular flexibility index (Phi) is 6.98. The maximum absolute atomic E-state index is 12.1.